The van der Waals surface area contributed by atoms with E-state index in [9.17, 15) is 5.11 Å². The summed E-state index contributed by atoms with van der Waals surface area (Å²) in [5.74, 6) is 0.413. The largest absolute Gasteiger partial charge is 0.503 e. The monoisotopic (exact) mass is 311 g/mol. The van der Waals surface area contributed by atoms with Gasteiger partial charge >= 0.3 is 0 Å². The van der Waals surface area contributed by atoms with Crippen molar-refractivity contribution in [2.45, 2.75) is 13.0 Å². The highest BCUT2D eigenvalue weighted by molar-refractivity contribution is 9.10. The number of aliphatic hydroxyl groups is 1. The number of phenolic OH excluding ortho intramolecular Hbond substituents is 1. The second-order valence-electron chi connectivity index (χ2n) is 3.07. The highest BCUT2D eigenvalue weighted by atomic mass is 79.9. The van der Waals surface area contributed by atoms with Gasteiger partial charge in [-0.15, -0.1) is 12.4 Å². The molecule has 6 heteroatoms. The number of aliphatic hydroxyl groups excluding tert-OH is 1. The molecule has 0 aliphatic heterocycles. The number of halogens is 2. The highest BCUT2D eigenvalue weighted by Gasteiger charge is 2.12. The molecule has 0 aromatic heterocycles. The van der Waals surface area contributed by atoms with Crippen LogP contribution in [0.1, 0.15) is 18.5 Å². The standard InChI is InChI=1S/C10H14BrNO3.ClH/c1-2-15-9-4-6(8(12)5-13)3-7(11)10(9)14;/h3-4,8,13-14H,2,5,12H2,1H3;1H/t8-;/m0./s1. The summed E-state index contributed by atoms with van der Waals surface area (Å²) < 4.78 is 5.74. The van der Waals surface area contributed by atoms with Gasteiger partial charge in [-0.2, -0.15) is 0 Å². The van der Waals surface area contributed by atoms with Gasteiger partial charge in [0.25, 0.3) is 0 Å². The number of aromatic hydroxyl groups is 1. The fourth-order valence-corrected chi connectivity index (χ4v) is 1.64. The minimum Gasteiger partial charge on any atom is -0.503 e. The SMILES string of the molecule is CCOc1cc([C@@H](N)CO)cc(Br)c1O.Cl. The molecule has 0 bridgehead atoms. The topological polar surface area (TPSA) is 75.7 Å². The van der Waals surface area contributed by atoms with E-state index < -0.39 is 6.04 Å². The number of rotatable bonds is 4. The van der Waals surface area contributed by atoms with Gasteiger partial charge in [-0.1, -0.05) is 0 Å². The first-order chi connectivity index (χ1) is 7.10. The lowest BCUT2D eigenvalue weighted by Gasteiger charge is -2.13. The maximum atomic E-state index is 9.63. The van der Waals surface area contributed by atoms with E-state index in [0.717, 1.165) is 0 Å². The van der Waals surface area contributed by atoms with Crippen molar-refractivity contribution in [1.82, 2.24) is 0 Å². The van der Waals surface area contributed by atoms with Gasteiger partial charge in [0.1, 0.15) is 0 Å². The molecule has 0 spiro atoms. The molecule has 0 amide bonds. The third kappa shape index (κ3) is 3.52. The highest BCUT2D eigenvalue weighted by Crippen LogP contribution is 2.36. The first-order valence-electron chi connectivity index (χ1n) is 4.61. The zero-order valence-electron chi connectivity index (χ0n) is 8.81. The summed E-state index contributed by atoms with van der Waals surface area (Å²) in [7, 11) is 0. The van der Waals surface area contributed by atoms with Crippen LogP contribution in [0, 0.1) is 0 Å². The molecule has 1 atom stereocenters. The predicted molar refractivity (Wildman–Crippen MR) is 68.2 cm³/mol. The third-order valence-corrected chi connectivity index (χ3v) is 2.58. The second kappa shape index (κ2) is 6.96. The Balaban J connectivity index is 0.00000225. The van der Waals surface area contributed by atoms with Crippen LogP contribution in [-0.2, 0) is 0 Å². The molecule has 0 fully saturated rings. The molecule has 0 saturated heterocycles. The van der Waals surface area contributed by atoms with Crippen LogP contribution in [0.15, 0.2) is 16.6 Å². The Labute approximate surface area is 109 Å². The van der Waals surface area contributed by atoms with E-state index in [1.165, 1.54) is 0 Å². The average molecular weight is 313 g/mol. The number of hydrogen-bond donors (Lipinski definition) is 3. The molecule has 0 aliphatic rings. The van der Waals surface area contributed by atoms with E-state index in [4.69, 9.17) is 15.6 Å². The molecule has 0 saturated carbocycles. The average Bonchev–Trinajstić information content (AvgIpc) is 2.23. The first kappa shape index (κ1) is 15.5. The number of nitrogens with two attached hydrogens (primary N) is 1. The van der Waals surface area contributed by atoms with Crippen molar-refractivity contribution in [1.29, 1.82) is 0 Å². The molecule has 1 aromatic carbocycles. The van der Waals surface area contributed by atoms with Crippen molar-refractivity contribution >= 4 is 28.3 Å². The van der Waals surface area contributed by atoms with Crippen LogP contribution in [0.4, 0.5) is 0 Å². The van der Waals surface area contributed by atoms with E-state index in [2.05, 4.69) is 15.9 Å². The molecule has 4 N–H and O–H groups in total. The summed E-state index contributed by atoms with van der Waals surface area (Å²) in [6.07, 6.45) is 0. The summed E-state index contributed by atoms with van der Waals surface area (Å²) in [6.45, 7) is 2.13. The second-order valence-corrected chi connectivity index (χ2v) is 3.93. The van der Waals surface area contributed by atoms with Crippen LogP contribution >= 0.6 is 28.3 Å². The van der Waals surface area contributed by atoms with Crippen molar-refractivity contribution in [3.8, 4) is 11.5 Å². The molecule has 0 heterocycles. The lowest BCUT2D eigenvalue weighted by Crippen LogP contribution is -2.14. The van der Waals surface area contributed by atoms with Gasteiger partial charge in [-0.05, 0) is 40.5 Å². The quantitative estimate of drug-likeness (QED) is 0.794. The Hall–Kier alpha value is -0.490. The van der Waals surface area contributed by atoms with Gasteiger partial charge in [0, 0.05) is 0 Å². The summed E-state index contributed by atoms with van der Waals surface area (Å²) in [6, 6.07) is 2.82. The van der Waals surface area contributed by atoms with E-state index in [1.54, 1.807) is 12.1 Å². The molecule has 0 unspecified atom stereocenters. The van der Waals surface area contributed by atoms with Gasteiger partial charge in [0.15, 0.2) is 11.5 Å². The number of hydrogen-bond acceptors (Lipinski definition) is 4. The van der Waals surface area contributed by atoms with Gasteiger partial charge in [-0.25, -0.2) is 0 Å². The Morgan fingerprint density at radius 3 is 2.62 bits per heavy atom. The van der Waals surface area contributed by atoms with Crippen molar-refractivity contribution < 1.29 is 14.9 Å². The van der Waals surface area contributed by atoms with Crippen molar-refractivity contribution in [3.63, 3.8) is 0 Å². The van der Waals surface area contributed by atoms with Crippen LogP contribution in [0.5, 0.6) is 11.5 Å². The third-order valence-electron chi connectivity index (χ3n) is 1.98. The predicted octanol–water partition coefficient (Wildman–Crippen LogP) is 1.97. The summed E-state index contributed by atoms with van der Waals surface area (Å²) in [5, 5.41) is 18.6. The maximum Gasteiger partial charge on any atom is 0.172 e. The minimum absolute atomic E-state index is 0. The Morgan fingerprint density at radius 2 is 2.12 bits per heavy atom. The normalized spacial score (nSPS) is 11.8. The van der Waals surface area contributed by atoms with Gasteiger partial charge in [0.2, 0.25) is 0 Å². The maximum absolute atomic E-state index is 9.63. The summed E-state index contributed by atoms with van der Waals surface area (Å²) in [4.78, 5) is 0. The Bertz CT molecular complexity index is 349. The molecule has 1 aromatic rings. The Kier molecular flexibility index (Phi) is 6.74. The molecule has 0 radical (unpaired) electrons. The van der Waals surface area contributed by atoms with Crippen molar-refractivity contribution in [3.05, 3.63) is 22.2 Å². The first-order valence-corrected chi connectivity index (χ1v) is 5.41. The van der Waals surface area contributed by atoms with E-state index >= 15 is 0 Å². The fourth-order valence-electron chi connectivity index (χ4n) is 1.18. The molecule has 1 rings (SSSR count). The van der Waals surface area contributed by atoms with Crippen molar-refractivity contribution in [2.75, 3.05) is 13.2 Å². The fraction of sp³-hybridized carbons (Fsp3) is 0.400. The summed E-state index contributed by atoms with van der Waals surface area (Å²) >= 11 is 3.20. The van der Waals surface area contributed by atoms with Crippen LogP contribution in [0.3, 0.4) is 0 Å². The van der Waals surface area contributed by atoms with Gasteiger partial charge in [0.05, 0.1) is 23.7 Å². The molecular weight excluding hydrogens is 297 g/mol. The van der Waals surface area contributed by atoms with Crippen LogP contribution in [0.25, 0.3) is 0 Å². The van der Waals surface area contributed by atoms with Gasteiger partial charge < -0.3 is 20.7 Å². The van der Waals surface area contributed by atoms with Crippen molar-refractivity contribution in [2.24, 2.45) is 5.73 Å². The van der Waals surface area contributed by atoms with Gasteiger partial charge in [-0.3, -0.25) is 0 Å². The molecule has 16 heavy (non-hydrogen) atoms. The number of benzene rings is 1. The van der Waals surface area contributed by atoms with Crippen LogP contribution in [0.2, 0.25) is 0 Å². The summed E-state index contributed by atoms with van der Waals surface area (Å²) in [5.41, 5.74) is 6.38. The number of ether oxygens (including phenoxy) is 1. The van der Waals surface area contributed by atoms with E-state index in [0.29, 0.717) is 22.4 Å². The van der Waals surface area contributed by atoms with Crippen LogP contribution < -0.4 is 10.5 Å². The Morgan fingerprint density at radius 1 is 1.50 bits per heavy atom. The number of phenols is 1. The zero-order valence-corrected chi connectivity index (χ0v) is 11.2. The molecule has 4 nitrogen and oxygen atoms in total. The van der Waals surface area contributed by atoms with E-state index in [-0.39, 0.29) is 24.8 Å². The smallest absolute Gasteiger partial charge is 0.172 e. The zero-order chi connectivity index (χ0) is 11.4. The van der Waals surface area contributed by atoms with E-state index in [1.807, 2.05) is 6.92 Å². The van der Waals surface area contributed by atoms with Crippen LogP contribution in [-0.4, -0.2) is 23.4 Å². The molecule has 0 aliphatic carbocycles. The minimum atomic E-state index is -0.471. The lowest BCUT2D eigenvalue weighted by molar-refractivity contribution is 0.267. The molecule has 92 valence electrons. The molecular formula is C10H15BrClNO3. The lowest BCUT2D eigenvalue weighted by atomic mass is 10.1.